The Balaban J connectivity index is 2.17. The summed E-state index contributed by atoms with van der Waals surface area (Å²) in [5, 5.41) is 12.6. The summed E-state index contributed by atoms with van der Waals surface area (Å²) in [6.07, 6.45) is 0. The van der Waals surface area contributed by atoms with Crippen LogP contribution in [0, 0.1) is 11.8 Å². The van der Waals surface area contributed by atoms with Crippen molar-refractivity contribution in [2.45, 2.75) is 13.8 Å². The Bertz CT molecular complexity index is 613. The number of aliphatic hydroxyl groups is 1. The molecule has 104 valence electrons. The van der Waals surface area contributed by atoms with Crippen LogP contribution in [-0.4, -0.2) is 22.8 Å². The molecule has 0 saturated heterocycles. The first-order valence-corrected chi connectivity index (χ1v) is 6.47. The van der Waals surface area contributed by atoms with Gasteiger partial charge in [0.05, 0.1) is 5.52 Å². The lowest BCUT2D eigenvalue weighted by Gasteiger charge is -2.19. The molecule has 0 aliphatic rings. The molecule has 5 heteroatoms. The SMILES string of the molecule is CC(C)C(CO)CNc1ccc2oc(=O)n(C)c2c1. The van der Waals surface area contributed by atoms with Gasteiger partial charge in [0.1, 0.15) is 0 Å². The molecular formula is C14H20N2O3. The number of nitrogens with one attached hydrogen (secondary N) is 1. The fourth-order valence-corrected chi connectivity index (χ4v) is 2.00. The fraction of sp³-hybridized carbons (Fsp3) is 0.500. The Kier molecular flexibility index (Phi) is 3.95. The van der Waals surface area contributed by atoms with Crippen LogP contribution >= 0.6 is 0 Å². The van der Waals surface area contributed by atoms with Gasteiger partial charge in [-0.3, -0.25) is 4.57 Å². The maximum Gasteiger partial charge on any atom is 0.419 e. The van der Waals surface area contributed by atoms with Gasteiger partial charge in [-0.15, -0.1) is 0 Å². The summed E-state index contributed by atoms with van der Waals surface area (Å²) in [6, 6.07) is 5.54. The second-order valence-corrected chi connectivity index (χ2v) is 5.18. The quantitative estimate of drug-likeness (QED) is 0.864. The van der Waals surface area contributed by atoms with E-state index in [1.807, 2.05) is 12.1 Å². The van der Waals surface area contributed by atoms with E-state index in [1.54, 1.807) is 13.1 Å². The van der Waals surface area contributed by atoms with Crippen molar-refractivity contribution in [2.24, 2.45) is 18.9 Å². The molecule has 0 fully saturated rings. The predicted molar refractivity (Wildman–Crippen MR) is 75.4 cm³/mol. The molecule has 1 aromatic carbocycles. The number of fused-ring (bicyclic) bond motifs is 1. The molecule has 1 heterocycles. The lowest BCUT2D eigenvalue weighted by atomic mass is 9.97. The van der Waals surface area contributed by atoms with Crippen LogP contribution < -0.4 is 11.1 Å². The highest BCUT2D eigenvalue weighted by molar-refractivity contribution is 5.77. The number of nitrogens with zero attached hydrogens (tertiary/aromatic N) is 1. The van der Waals surface area contributed by atoms with Gasteiger partial charge in [0.15, 0.2) is 5.58 Å². The minimum absolute atomic E-state index is 0.164. The molecule has 1 unspecified atom stereocenters. The molecule has 2 aromatic rings. The maximum atomic E-state index is 11.4. The molecule has 2 N–H and O–H groups in total. The van der Waals surface area contributed by atoms with Gasteiger partial charge < -0.3 is 14.8 Å². The van der Waals surface area contributed by atoms with Crippen molar-refractivity contribution >= 4 is 16.8 Å². The minimum Gasteiger partial charge on any atom is -0.408 e. The predicted octanol–water partition coefficient (Wildman–Crippen LogP) is 1.81. The van der Waals surface area contributed by atoms with E-state index in [2.05, 4.69) is 19.2 Å². The molecule has 0 radical (unpaired) electrons. The molecule has 0 bridgehead atoms. The number of oxazole rings is 1. The van der Waals surface area contributed by atoms with Gasteiger partial charge in [0.25, 0.3) is 0 Å². The largest absolute Gasteiger partial charge is 0.419 e. The highest BCUT2D eigenvalue weighted by Gasteiger charge is 2.12. The summed E-state index contributed by atoms with van der Waals surface area (Å²) in [5.41, 5.74) is 2.27. The van der Waals surface area contributed by atoms with E-state index in [1.165, 1.54) is 4.57 Å². The number of hydrogen-bond donors (Lipinski definition) is 2. The topological polar surface area (TPSA) is 67.4 Å². The van der Waals surface area contributed by atoms with E-state index >= 15 is 0 Å². The van der Waals surface area contributed by atoms with Crippen LogP contribution in [0.15, 0.2) is 27.4 Å². The second kappa shape index (κ2) is 5.48. The van der Waals surface area contributed by atoms with Crippen molar-refractivity contribution in [1.82, 2.24) is 4.57 Å². The van der Waals surface area contributed by atoms with E-state index < -0.39 is 0 Å². The van der Waals surface area contributed by atoms with Crippen molar-refractivity contribution < 1.29 is 9.52 Å². The minimum atomic E-state index is -0.359. The van der Waals surface area contributed by atoms with Crippen LogP contribution in [-0.2, 0) is 7.05 Å². The van der Waals surface area contributed by atoms with Gasteiger partial charge in [-0.1, -0.05) is 13.8 Å². The zero-order chi connectivity index (χ0) is 14.0. The van der Waals surface area contributed by atoms with Crippen LogP contribution in [0.4, 0.5) is 5.69 Å². The molecule has 2 rings (SSSR count). The molecule has 0 aliphatic heterocycles. The smallest absolute Gasteiger partial charge is 0.408 e. The van der Waals surface area contributed by atoms with E-state index in [4.69, 9.17) is 4.42 Å². The van der Waals surface area contributed by atoms with Crippen LogP contribution in [0.1, 0.15) is 13.8 Å². The number of aliphatic hydroxyl groups excluding tert-OH is 1. The summed E-state index contributed by atoms with van der Waals surface area (Å²) >= 11 is 0. The molecule has 0 saturated carbocycles. The average molecular weight is 264 g/mol. The van der Waals surface area contributed by atoms with Crippen LogP contribution in [0.25, 0.3) is 11.1 Å². The van der Waals surface area contributed by atoms with Gasteiger partial charge in [-0.05, 0) is 24.1 Å². The summed E-state index contributed by atoms with van der Waals surface area (Å²) < 4.78 is 6.56. The third kappa shape index (κ3) is 2.81. The number of benzene rings is 1. The highest BCUT2D eigenvalue weighted by Crippen LogP contribution is 2.19. The molecule has 0 amide bonds. The third-order valence-corrected chi connectivity index (χ3v) is 3.54. The normalized spacial score (nSPS) is 13.1. The maximum absolute atomic E-state index is 11.4. The number of anilines is 1. The van der Waals surface area contributed by atoms with Crippen molar-refractivity contribution in [3.8, 4) is 0 Å². The van der Waals surface area contributed by atoms with E-state index in [0.29, 0.717) is 18.0 Å². The summed E-state index contributed by atoms with van der Waals surface area (Å²) in [6.45, 7) is 5.04. The first-order valence-electron chi connectivity index (χ1n) is 6.47. The molecule has 1 aromatic heterocycles. The van der Waals surface area contributed by atoms with Crippen molar-refractivity contribution in [3.63, 3.8) is 0 Å². The lowest BCUT2D eigenvalue weighted by Crippen LogP contribution is -2.22. The first kappa shape index (κ1) is 13.7. The van der Waals surface area contributed by atoms with Gasteiger partial charge >= 0.3 is 5.76 Å². The number of aromatic nitrogens is 1. The van der Waals surface area contributed by atoms with Gasteiger partial charge in [-0.2, -0.15) is 0 Å². The van der Waals surface area contributed by atoms with Crippen molar-refractivity contribution in [2.75, 3.05) is 18.5 Å². The van der Waals surface area contributed by atoms with Crippen LogP contribution in [0.3, 0.4) is 0 Å². The molecule has 5 nitrogen and oxygen atoms in total. The van der Waals surface area contributed by atoms with Crippen LogP contribution in [0.2, 0.25) is 0 Å². The van der Waals surface area contributed by atoms with E-state index in [0.717, 1.165) is 11.2 Å². The summed E-state index contributed by atoms with van der Waals surface area (Å²) in [7, 11) is 1.68. The molecule has 0 aliphatic carbocycles. The van der Waals surface area contributed by atoms with Crippen molar-refractivity contribution in [1.29, 1.82) is 0 Å². The Hall–Kier alpha value is -1.75. The number of rotatable bonds is 5. The Labute approximate surface area is 111 Å². The van der Waals surface area contributed by atoms with E-state index in [9.17, 15) is 9.90 Å². The first-order chi connectivity index (χ1) is 9.02. The zero-order valence-electron chi connectivity index (χ0n) is 11.5. The number of aryl methyl sites for hydroxylation is 1. The Morgan fingerprint density at radius 3 is 2.79 bits per heavy atom. The Morgan fingerprint density at radius 2 is 2.16 bits per heavy atom. The summed E-state index contributed by atoms with van der Waals surface area (Å²) in [5.74, 6) is 0.269. The van der Waals surface area contributed by atoms with Crippen molar-refractivity contribution in [3.05, 3.63) is 28.7 Å². The highest BCUT2D eigenvalue weighted by atomic mass is 16.4. The third-order valence-electron chi connectivity index (χ3n) is 3.54. The van der Waals surface area contributed by atoms with E-state index in [-0.39, 0.29) is 18.3 Å². The molecular weight excluding hydrogens is 244 g/mol. The monoisotopic (exact) mass is 264 g/mol. The lowest BCUT2D eigenvalue weighted by molar-refractivity contribution is 0.198. The van der Waals surface area contributed by atoms with Gasteiger partial charge in [-0.25, -0.2) is 4.79 Å². The standard InChI is InChI=1S/C14H20N2O3/c1-9(2)10(8-17)7-15-11-4-5-13-12(6-11)16(3)14(18)19-13/h4-6,9-10,15,17H,7-8H2,1-3H3. The Morgan fingerprint density at radius 1 is 1.42 bits per heavy atom. The fourth-order valence-electron chi connectivity index (χ4n) is 2.00. The molecule has 19 heavy (non-hydrogen) atoms. The number of hydrogen-bond acceptors (Lipinski definition) is 4. The summed E-state index contributed by atoms with van der Waals surface area (Å²) in [4.78, 5) is 11.4. The van der Waals surface area contributed by atoms with Gasteiger partial charge in [0.2, 0.25) is 0 Å². The second-order valence-electron chi connectivity index (χ2n) is 5.18. The average Bonchev–Trinajstić information content (AvgIpc) is 2.66. The zero-order valence-corrected chi connectivity index (χ0v) is 11.5. The van der Waals surface area contributed by atoms with Gasteiger partial charge in [0, 0.05) is 31.8 Å². The molecule has 1 atom stereocenters. The molecule has 0 spiro atoms. The van der Waals surface area contributed by atoms with Crippen LogP contribution in [0.5, 0.6) is 0 Å².